The monoisotopic (exact) mass is 374 g/mol. The van der Waals surface area contributed by atoms with Crippen LogP contribution in [0.15, 0.2) is 34.0 Å². The average Bonchev–Trinajstić information content (AvgIpc) is 2.94. The maximum atomic E-state index is 13.0. The standard InChI is InChI=1S/C19H19FN2OS2/c1-10-3-8-14-15(9-10)25-19-16(14)18(23)21-17(22-19)11(2)24-13-6-4-12(20)5-7-13/h4-7,10-11H,3,8-9H2,1-2H3,(H,21,22,23). The van der Waals surface area contributed by atoms with Gasteiger partial charge in [-0.1, -0.05) is 6.92 Å². The molecule has 2 unspecified atom stereocenters. The van der Waals surface area contributed by atoms with Crippen molar-refractivity contribution in [2.45, 2.75) is 43.3 Å². The van der Waals surface area contributed by atoms with Crippen LogP contribution in [-0.4, -0.2) is 9.97 Å². The van der Waals surface area contributed by atoms with E-state index in [0.717, 1.165) is 34.4 Å². The summed E-state index contributed by atoms with van der Waals surface area (Å²) in [5, 5.41) is 0.773. The molecule has 130 valence electrons. The van der Waals surface area contributed by atoms with Crippen molar-refractivity contribution in [1.82, 2.24) is 9.97 Å². The molecule has 1 aliphatic rings. The molecule has 6 heteroatoms. The lowest BCUT2D eigenvalue weighted by atomic mass is 9.89. The Labute approximate surface area is 153 Å². The topological polar surface area (TPSA) is 45.8 Å². The van der Waals surface area contributed by atoms with E-state index in [-0.39, 0.29) is 16.6 Å². The van der Waals surface area contributed by atoms with Crippen LogP contribution in [0.1, 0.15) is 41.8 Å². The number of aromatic nitrogens is 2. The lowest BCUT2D eigenvalue weighted by Gasteiger charge is -2.17. The van der Waals surface area contributed by atoms with E-state index in [2.05, 4.69) is 11.9 Å². The predicted octanol–water partition coefficient (Wildman–Crippen LogP) is 5.10. The normalized spacial score (nSPS) is 18.3. The van der Waals surface area contributed by atoms with Crippen LogP contribution in [0.25, 0.3) is 10.2 Å². The van der Waals surface area contributed by atoms with E-state index in [1.165, 1.54) is 22.6 Å². The van der Waals surface area contributed by atoms with Crippen LogP contribution in [0.4, 0.5) is 4.39 Å². The number of hydrogen-bond acceptors (Lipinski definition) is 4. The molecule has 0 radical (unpaired) electrons. The number of aryl methyl sites for hydroxylation is 1. The van der Waals surface area contributed by atoms with Crippen LogP contribution in [-0.2, 0) is 12.8 Å². The van der Waals surface area contributed by atoms with Gasteiger partial charge < -0.3 is 4.98 Å². The van der Waals surface area contributed by atoms with Gasteiger partial charge in [-0.05, 0) is 61.9 Å². The van der Waals surface area contributed by atoms with E-state index in [9.17, 15) is 9.18 Å². The molecule has 2 aromatic heterocycles. The fraction of sp³-hybridized carbons (Fsp3) is 0.368. The second-order valence-electron chi connectivity index (χ2n) is 6.70. The molecular formula is C19H19FN2OS2. The third-order valence-electron chi connectivity index (χ3n) is 4.70. The molecule has 0 saturated heterocycles. The number of hydrogen-bond donors (Lipinski definition) is 1. The first-order chi connectivity index (χ1) is 12.0. The summed E-state index contributed by atoms with van der Waals surface area (Å²) in [5.41, 5.74) is 1.18. The molecule has 0 aliphatic heterocycles. The zero-order valence-corrected chi connectivity index (χ0v) is 15.8. The highest BCUT2D eigenvalue weighted by Gasteiger charge is 2.23. The summed E-state index contributed by atoms with van der Waals surface area (Å²) >= 11 is 3.23. The van der Waals surface area contributed by atoms with Gasteiger partial charge in [0.25, 0.3) is 5.56 Å². The lowest BCUT2D eigenvalue weighted by Crippen LogP contribution is -2.15. The van der Waals surface area contributed by atoms with E-state index < -0.39 is 0 Å². The first-order valence-corrected chi connectivity index (χ1v) is 10.2. The van der Waals surface area contributed by atoms with Crippen molar-refractivity contribution >= 4 is 33.3 Å². The fourth-order valence-corrected chi connectivity index (χ4v) is 5.65. The Hall–Kier alpha value is -1.66. The van der Waals surface area contributed by atoms with Crippen molar-refractivity contribution in [3.8, 4) is 0 Å². The lowest BCUT2D eigenvalue weighted by molar-refractivity contribution is 0.509. The highest BCUT2D eigenvalue weighted by molar-refractivity contribution is 7.99. The summed E-state index contributed by atoms with van der Waals surface area (Å²) in [6, 6.07) is 6.39. The van der Waals surface area contributed by atoms with E-state index in [4.69, 9.17) is 4.98 Å². The Kier molecular flexibility index (Phi) is 4.41. The van der Waals surface area contributed by atoms with E-state index in [1.54, 1.807) is 35.2 Å². The average molecular weight is 375 g/mol. The largest absolute Gasteiger partial charge is 0.309 e. The summed E-state index contributed by atoms with van der Waals surface area (Å²) in [6.07, 6.45) is 3.16. The van der Waals surface area contributed by atoms with Crippen LogP contribution in [0.5, 0.6) is 0 Å². The molecule has 1 N–H and O–H groups in total. The number of nitrogens with zero attached hydrogens (tertiary/aromatic N) is 1. The molecule has 0 bridgehead atoms. The third-order valence-corrected chi connectivity index (χ3v) is 6.96. The first-order valence-electron chi connectivity index (χ1n) is 8.48. The summed E-state index contributed by atoms with van der Waals surface area (Å²) < 4.78 is 13.0. The first kappa shape index (κ1) is 16.8. The van der Waals surface area contributed by atoms with Gasteiger partial charge in [-0.3, -0.25) is 4.79 Å². The molecule has 1 aliphatic carbocycles. The van der Waals surface area contributed by atoms with E-state index in [0.29, 0.717) is 11.7 Å². The van der Waals surface area contributed by atoms with Crippen molar-refractivity contribution < 1.29 is 4.39 Å². The third kappa shape index (κ3) is 3.25. The Morgan fingerprint density at radius 1 is 1.36 bits per heavy atom. The van der Waals surface area contributed by atoms with Crippen molar-refractivity contribution in [2.75, 3.05) is 0 Å². The van der Waals surface area contributed by atoms with Crippen LogP contribution >= 0.6 is 23.1 Å². The Morgan fingerprint density at radius 3 is 2.88 bits per heavy atom. The molecule has 25 heavy (non-hydrogen) atoms. The number of halogens is 1. The minimum atomic E-state index is -0.247. The van der Waals surface area contributed by atoms with Crippen molar-refractivity contribution in [2.24, 2.45) is 5.92 Å². The van der Waals surface area contributed by atoms with Crippen LogP contribution in [0, 0.1) is 11.7 Å². The summed E-state index contributed by atoms with van der Waals surface area (Å²) in [5.74, 6) is 1.11. The van der Waals surface area contributed by atoms with Gasteiger partial charge in [-0.15, -0.1) is 23.1 Å². The molecule has 2 heterocycles. The van der Waals surface area contributed by atoms with Gasteiger partial charge >= 0.3 is 0 Å². The van der Waals surface area contributed by atoms with Gasteiger partial charge in [0.05, 0.1) is 10.6 Å². The number of rotatable bonds is 3. The highest BCUT2D eigenvalue weighted by Crippen LogP contribution is 2.37. The quantitative estimate of drug-likeness (QED) is 0.649. The smallest absolute Gasteiger partial charge is 0.259 e. The van der Waals surface area contributed by atoms with Crippen LogP contribution < -0.4 is 5.56 Å². The SMILES string of the molecule is CC1CCc2c(sc3nc(C(C)Sc4ccc(F)cc4)[nH]c(=O)c23)C1. The molecule has 2 atom stereocenters. The van der Waals surface area contributed by atoms with Crippen molar-refractivity contribution in [1.29, 1.82) is 0 Å². The number of fused-ring (bicyclic) bond motifs is 3. The van der Waals surface area contributed by atoms with Gasteiger partial charge in [0.1, 0.15) is 16.5 Å². The number of benzene rings is 1. The number of nitrogens with one attached hydrogen (secondary N) is 1. The molecule has 0 spiro atoms. The number of thioether (sulfide) groups is 1. The molecule has 3 aromatic rings. The molecule has 3 nitrogen and oxygen atoms in total. The molecule has 1 aromatic carbocycles. The Balaban J connectivity index is 1.68. The number of thiophene rings is 1. The maximum Gasteiger partial charge on any atom is 0.259 e. The Bertz CT molecular complexity index is 977. The maximum absolute atomic E-state index is 13.0. The minimum Gasteiger partial charge on any atom is -0.309 e. The zero-order chi connectivity index (χ0) is 17.6. The summed E-state index contributed by atoms with van der Waals surface area (Å²) in [4.78, 5) is 23.5. The van der Waals surface area contributed by atoms with Gasteiger partial charge in [0.15, 0.2) is 0 Å². The van der Waals surface area contributed by atoms with Crippen LogP contribution in [0.3, 0.4) is 0 Å². The van der Waals surface area contributed by atoms with Gasteiger partial charge in [-0.25, -0.2) is 9.37 Å². The second kappa shape index (κ2) is 6.57. The minimum absolute atomic E-state index is 0.0133. The van der Waals surface area contributed by atoms with E-state index in [1.807, 2.05) is 6.92 Å². The zero-order valence-electron chi connectivity index (χ0n) is 14.1. The molecule has 4 rings (SSSR count). The van der Waals surface area contributed by atoms with Crippen molar-refractivity contribution in [3.05, 3.63) is 56.7 Å². The molecule has 0 saturated carbocycles. The summed E-state index contributed by atoms with van der Waals surface area (Å²) in [7, 11) is 0. The van der Waals surface area contributed by atoms with Crippen LogP contribution in [0.2, 0.25) is 0 Å². The van der Waals surface area contributed by atoms with Crippen molar-refractivity contribution in [3.63, 3.8) is 0 Å². The highest BCUT2D eigenvalue weighted by atomic mass is 32.2. The van der Waals surface area contributed by atoms with Gasteiger partial charge in [0, 0.05) is 9.77 Å². The number of H-pyrrole nitrogens is 1. The molecular weight excluding hydrogens is 355 g/mol. The molecule has 0 fully saturated rings. The van der Waals surface area contributed by atoms with Gasteiger partial charge in [-0.2, -0.15) is 0 Å². The van der Waals surface area contributed by atoms with Gasteiger partial charge in [0.2, 0.25) is 0 Å². The fourth-order valence-electron chi connectivity index (χ4n) is 3.33. The number of aromatic amines is 1. The summed E-state index contributed by atoms with van der Waals surface area (Å²) in [6.45, 7) is 4.27. The molecule has 0 amide bonds. The van der Waals surface area contributed by atoms with E-state index >= 15 is 0 Å². The Morgan fingerprint density at radius 2 is 2.12 bits per heavy atom. The predicted molar refractivity (Wildman–Crippen MR) is 102 cm³/mol. The second-order valence-corrected chi connectivity index (χ2v) is 9.19.